The number of fused-ring (bicyclic) bond motifs is 1. The summed E-state index contributed by atoms with van der Waals surface area (Å²) in [7, 11) is 0. The van der Waals surface area contributed by atoms with E-state index in [1.807, 2.05) is 12.1 Å². The van der Waals surface area contributed by atoms with Gasteiger partial charge < -0.3 is 15.6 Å². The lowest BCUT2D eigenvalue weighted by atomic mass is 10.1. The average Bonchev–Trinajstić information content (AvgIpc) is 3.00. The predicted octanol–water partition coefficient (Wildman–Crippen LogP) is 4.86. The Kier molecular flexibility index (Phi) is 5.66. The molecule has 0 aliphatic carbocycles. The molecule has 3 N–H and O–H groups in total. The van der Waals surface area contributed by atoms with E-state index in [0.717, 1.165) is 22.1 Å². The van der Waals surface area contributed by atoms with E-state index in [-0.39, 0.29) is 6.54 Å². The SMILES string of the molecule is O=C(NCc1ccc(C(F)(F)F)c(Cl)c1)C(=O)Nc1c[nH]c2ccc(Br)cc12. The van der Waals surface area contributed by atoms with Crippen molar-refractivity contribution in [3.63, 3.8) is 0 Å². The Morgan fingerprint density at radius 3 is 2.54 bits per heavy atom. The van der Waals surface area contributed by atoms with Crippen LogP contribution in [0.4, 0.5) is 18.9 Å². The third kappa shape index (κ3) is 4.48. The molecule has 2 amide bonds. The number of alkyl halides is 3. The molecule has 0 saturated heterocycles. The van der Waals surface area contributed by atoms with E-state index in [9.17, 15) is 22.8 Å². The molecule has 0 atom stereocenters. The van der Waals surface area contributed by atoms with E-state index < -0.39 is 28.6 Å². The van der Waals surface area contributed by atoms with Gasteiger partial charge in [0.1, 0.15) is 0 Å². The van der Waals surface area contributed by atoms with Crippen LogP contribution in [0.2, 0.25) is 5.02 Å². The lowest BCUT2D eigenvalue weighted by Gasteiger charge is -2.11. The predicted molar refractivity (Wildman–Crippen MR) is 103 cm³/mol. The lowest BCUT2D eigenvalue weighted by molar-refractivity contribution is -0.137. The van der Waals surface area contributed by atoms with Crippen molar-refractivity contribution in [2.45, 2.75) is 12.7 Å². The number of aromatic amines is 1. The highest BCUT2D eigenvalue weighted by Gasteiger charge is 2.33. The normalized spacial score (nSPS) is 11.5. The van der Waals surface area contributed by atoms with E-state index >= 15 is 0 Å². The minimum absolute atomic E-state index is 0.149. The Bertz CT molecular complexity index is 1070. The van der Waals surface area contributed by atoms with Crippen LogP contribution < -0.4 is 10.6 Å². The van der Waals surface area contributed by atoms with Gasteiger partial charge in [0, 0.05) is 28.1 Å². The van der Waals surface area contributed by atoms with Gasteiger partial charge in [-0.2, -0.15) is 13.2 Å². The van der Waals surface area contributed by atoms with E-state index in [1.54, 1.807) is 12.3 Å². The molecule has 28 heavy (non-hydrogen) atoms. The molecule has 0 aliphatic heterocycles. The Labute approximate surface area is 170 Å². The number of amides is 2. The van der Waals surface area contributed by atoms with Crippen molar-refractivity contribution in [2.24, 2.45) is 0 Å². The summed E-state index contributed by atoms with van der Waals surface area (Å²) in [6.45, 7) is -0.149. The molecule has 5 nitrogen and oxygen atoms in total. The fourth-order valence-corrected chi connectivity index (χ4v) is 3.21. The summed E-state index contributed by atoms with van der Waals surface area (Å²) in [5, 5.41) is 5.07. The molecule has 2 aromatic carbocycles. The number of nitrogens with one attached hydrogen (secondary N) is 3. The highest BCUT2D eigenvalue weighted by molar-refractivity contribution is 9.10. The van der Waals surface area contributed by atoms with Gasteiger partial charge in [0.25, 0.3) is 0 Å². The number of benzene rings is 2. The van der Waals surface area contributed by atoms with Gasteiger partial charge in [0.15, 0.2) is 0 Å². The first-order chi connectivity index (χ1) is 13.1. The topological polar surface area (TPSA) is 74.0 Å². The van der Waals surface area contributed by atoms with E-state index in [4.69, 9.17) is 11.6 Å². The van der Waals surface area contributed by atoms with Crippen LogP contribution in [0.15, 0.2) is 47.1 Å². The minimum Gasteiger partial charge on any atom is -0.359 e. The van der Waals surface area contributed by atoms with Gasteiger partial charge >= 0.3 is 18.0 Å². The van der Waals surface area contributed by atoms with Crippen molar-refractivity contribution >= 4 is 55.9 Å². The molecule has 3 aromatic rings. The standard InChI is InChI=1S/C18H12BrClF3N3O2/c19-10-2-4-14-11(6-10)15(8-24-14)26-17(28)16(27)25-7-9-1-3-12(13(20)5-9)18(21,22)23/h1-6,8,24H,7H2,(H,25,27)(H,26,28). The summed E-state index contributed by atoms with van der Waals surface area (Å²) < 4.78 is 38.9. The number of rotatable bonds is 3. The summed E-state index contributed by atoms with van der Waals surface area (Å²) in [6.07, 6.45) is -3.01. The molecular weight excluding hydrogens is 463 g/mol. The van der Waals surface area contributed by atoms with Crippen molar-refractivity contribution in [2.75, 3.05) is 5.32 Å². The first-order valence-corrected chi connectivity index (χ1v) is 9.03. The van der Waals surface area contributed by atoms with Crippen LogP contribution in [0.25, 0.3) is 10.9 Å². The smallest absolute Gasteiger partial charge is 0.359 e. The molecular formula is C18H12BrClF3N3O2. The van der Waals surface area contributed by atoms with Crippen molar-refractivity contribution in [3.05, 3.63) is 63.2 Å². The van der Waals surface area contributed by atoms with Crippen LogP contribution in [0, 0.1) is 0 Å². The summed E-state index contributed by atoms with van der Waals surface area (Å²) in [6, 6.07) is 8.52. The first kappa shape index (κ1) is 20.2. The molecule has 0 unspecified atom stereocenters. The minimum atomic E-state index is -4.56. The fraction of sp³-hybridized carbons (Fsp3) is 0.111. The van der Waals surface area contributed by atoms with E-state index in [1.165, 1.54) is 6.07 Å². The molecule has 0 saturated carbocycles. The molecule has 0 spiro atoms. The van der Waals surface area contributed by atoms with Gasteiger partial charge in [0.05, 0.1) is 16.3 Å². The fourth-order valence-electron chi connectivity index (χ4n) is 2.54. The highest BCUT2D eigenvalue weighted by atomic mass is 79.9. The number of halogens is 5. The van der Waals surface area contributed by atoms with Crippen LogP contribution in [0.3, 0.4) is 0 Å². The summed E-state index contributed by atoms with van der Waals surface area (Å²) in [5.74, 6) is -1.83. The third-order valence-corrected chi connectivity index (χ3v) is 4.70. The second-order valence-corrected chi connectivity index (χ2v) is 7.16. The number of aromatic nitrogens is 1. The Balaban J connectivity index is 1.64. The number of hydrogen-bond acceptors (Lipinski definition) is 2. The van der Waals surface area contributed by atoms with Gasteiger partial charge in [-0.15, -0.1) is 0 Å². The van der Waals surface area contributed by atoms with Crippen LogP contribution in [-0.2, 0) is 22.3 Å². The van der Waals surface area contributed by atoms with E-state index in [2.05, 4.69) is 31.5 Å². The third-order valence-electron chi connectivity index (χ3n) is 3.89. The summed E-state index contributed by atoms with van der Waals surface area (Å²) >= 11 is 8.97. The molecule has 0 radical (unpaired) electrons. The van der Waals surface area contributed by atoms with Crippen LogP contribution in [0.5, 0.6) is 0 Å². The zero-order chi connectivity index (χ0) is 20.5. The zero-order valence-corrected chi connectivity index (χ0v) is 16.3. The monoisotopic (exact) mass is 473 g/mol. The number of hydrogen-bond donors (Lipinski definition) is 3. The lowest BCUT2D eigenvalue weighted by Crippen LogP contribution is -2.34. The summed E-state index contributed by atoms with van der Waals surface area (Å²) in [5.41, 5.74) is 0.565. The molecule has 0 aliphatic rings. The number of H-pyrrole nitrogens is 1. The molecule has 10 heteroatoms. The molecule has 1 heterocycles. The molecule has 0 bridgehead atoms. The summed E-state index contributed by atoms with van der Waals surface area (Å²) in [4.78, 5) is 27.1. The first-order valence-electron chi connectivity index (χ1n) is 7.86. The second-order valence-electron chi connectivity index (χ2n) is 5.84. The van der Waals surface area contributed by atoms with Crippen molar-refractivity contribution < 1.29 is 22.8 Å². The number of anilines is 1. The molecule has 3 rings (SSSR count). The van der Waals surface area contributed by atoms with Crippen LogP contribution in [-0.4, -0.2) is 16.8 Å². The van der Waals surface area contributed by atoms with Crippen molar-refractivity contribution in [3.8, 4) is 0 Å². The largest absolute Gasteiger partial charge is 0.417 e. The van der Waals surface area contributed by atoms with Gasteiger partial charge in [0.2, 0.25) is 0 Å². The maximum Gasteiger partial charge on any atom is 0.417 e. The van der Waals surface area contributed by atoms with Crippen molar-refractivity contribution in [1.82, 2.24) is 10.3 Å². The van der Waals surface area contributed by atoms with Gasteiger partial charge in [-0.05, 0) is 35.9 Å². The zero-order valence-electron chi connectivity index (χ0n) is 14.0. The van der Waals surface area contributed by atoms with Gasteiger partial charge in [-0.3, -0.25) is 9.59 Å². The molecule has 0 fully saturated rings. The van der Waals surface area contributed by atoms with Crippen molar-refractivity contribution in [1.29, 1.82) is 0 Å². The van der Waals surface area contributed by atoms with Crippen LogP contribution >= 0.6 is 27.5 Å². The average molecular weight is 475 g/mol. The maximum absolute atomic E-state index is 12.7. The van der Waals surface area contributed by atoms with Gasteiger partial charge in [-0.25, -0.2) is 0 Å². The quantitative estimate of drug-likeness (QED) is 0.475. The van der Waals surface area contributed by atoms with E-state index in [0.29, 0.717) is 16.6 Å². The maximum atomic E-state index is 12.7. The molecule has 146 valence electrons. The number of carbonyl (C=O) groups excluding carboxylic acids is 2. The van der Waals surface area contributed by atoms with Gasteiger partial charge in [-0.1, -0.05) is 33.6 Å². The van der Waals surface area contributed by atoms with Crippen LogP contribution in [0.1, 0.15) is 11.1 Å². The Hall–Kier alpha value is -2.52. The molecule has 1 aromatic heterocycles. The Morgan fingerprint density at radius 1 is 1.11 bits per heavy atom. The second kappa shape index (κ2) is 7.84. The highest BCUT2D eigenvalue weighted by Crippen LogP contribution is 2.34. The Morgan fingerprint density at radius 2 is 1.86 bits per heavy atom. The number of carbonyl (C=O) groups is 2.